The topological polar surface area (TPSA) is 7.94 Å². The molecule has 0 amide bonds. The summed E-state index contributed by atoms with van der Waals surface area (Å²) in [5, 5.41) is 0. The molecule has 0 bridgehead atoms. The van der Waals surface area contributed by atoms with Crippen LogP contribution in [-0.2, 0) is 0 Å². The first-order valence-electron chi connectivity index (χ1n) is 6.62. The predicted molar refractivity (Wildman–Crippen MR) is 120 cm³/mol. The zero-order chi connectivity index (χ0) is 18.3. The summed E-state index contributed by atoms with van der Waals surface area (Å²) in [5.41, 5.74) is 2.46. The lowest BCUT2D eigenvalue weighted by molar-refractivity contribution is -0.358. The standard InChI is InChI=1S/C13H3BBr6F2N2S/c15-5-2-7-10(4-1-9(17)25-13(4)20)8-3-6(16)12(19)24(8)14(21,22)23(7)11(5)18/h1-3H. The summed E-state index contributed by atoms with van der Waals surface area (Å²) < 4.78 is 36.4. The Kier molecular flexibility index (Phi) is 5.00. The number of nitrogens with zero attached hydrogens (tertiary/aromatic N) is 2. The molecule has 2 aromatic rings. The van der Waals surface area contributed by atoms with Gasteiger partial charge in [-0.2, -0.15) is 0 Å². The van der Waals surface area contributed by atoms with Gasteiger partial charge in [0.2, 0.25) is 4.62 Å². The fraction of sp³-hybridized carbons (Fsp3) is 0. The molecule has 0 spiro atoms. The van der Waals surface area contributed by atoms with Gasteiger partial charge < -0.3 is 17.6 Å². The van der Waals surface area contributed by atoms with Crippen molar-refractivity contribution in [2.75, 3.05) is 0 Å². The third-order valence-electron chi connectivity index (χ3n) is 3.92. The van der Waals surface area contributed by atoms with E-state index in [9.17, 15) is 0 Å². The maximum Gasteiger partial charge on any atom is 0.738 e. The SMILES string of the molecule is F[B-]1(F)n2c(cc(Br)c2Br)C(c2cc(Br)sc2Br)=C2C=C(Br)C(Br)=[N+]21. The van der Waals surface area contributed by atoms with E-state index in [1.54, 1.807) is 12.1 Å². The van der Waals surface area contributed by atoms with E-state index in [-0.39, 0.29) is 0 Å². The van der Waals surface area contributed by atoms with E-state index in [1.165, 1.54) is 11.3 Å². The van der Waals surface area contributed by atoms with Crippen LogP contribution in [0.5, 0.6) is 0 Å². The van der Waals surface area contributed by atoms with Crippen LogP contribution >= 0.6 is 107 Å². The normalized spacial score (nSPS) is 18.6. The quantitative estimate of drug-likeness (QED) is 0.265. The molecule has 12 heteroatoms. The van der Waals surface area contributed by atoms with Crippen LogP contribution in [0.3, 0.4) is 0 Å². The van der Waals surface area contributed by atoms with Crippen molar-refractivity contribution in [1.82, 2.24) is 4.48 Å². The Labute approximate surface area is 195 Å². The number of halogens is 8. The number of thiophene rings is 1. The minimum atomic E-state index is -4.07. The smallest absolute Gasteiger partial charge is 0.389 e. The van der Waals surface area contributed by atoms with Gasteiger partial charge >= 0.3 is 6.97 Å². The van der Waals surface area contributed by atoms with Gasteiger partial charge in [-0.25, -0.2) is 0 Å². The fourth-order valence-electron chi connectivity index (χ4n) is 2.97. The molecule has 0 saturated carbocycles. The van der Waals surface area contributed by atoms with Crippen molar-refractivity contribution >= 4 is 124 Å². The predicted octanol–water partition coefficient (Wildman–Crippen LogP) is 7.69. The van der Waals surface area contributed by atoms with E-state index in [0.29, 0.717) is 29.6 Å². The molecular formula is C13H3BBr6F2N2S. The van der Waals surface area contributed by atoms with E-state index in [2.05, 4.69) is 95.6 Å². The molecule has 25 heavy (non-hydrogen) atoms. The van der Waals surface area contributed by atoms with Crippen molar-refractivity contribution in [3.8, 4) is 0 Å². The van der Waals surface area contributed by atoms with E-state index in [1.807, 2.05) is 6.07 Å². The minimum Gasteiger partial charge on any atom is -0.389 e. The van der Waals surface area contributed by atoms with Crippen LogP contribution in [0.4, 0.5) is 8.63 Å². The zero-order valence-corrected chi connectivity index (χ0v) is 22.0. The molecule has 4 rings (SSSR count). The van der Waals surface area contributed by atoms with E-state index in [4.69, 9.17) is 0 Å². The first-order valence-corrected chi connectivity index (χ1v) is 12.2. The molecule has 0 aromatic carbocycles. The Morgan fingerprint density at radius 3 is 2.32 bits per heavy atom. The van der Waals surface area contributed by atoms with E-state index >= 15 is 8.63 Å². The van der Waals surface area contributed by atoms with Gasteiger partial charge in [0.1, 0.15) is 0 Å². The highest BCUT2D eigenvalue weighted by atomic mass is 79.9. The zero-order valence-electron chi connectivity index (χ0n) is 11.6. The average Bonchev–Trinajstić information content (AvgIpc) is 3.09. The lowest BCUT2D eigenvalue weighted by Gasteiger charge is -2.31. The highest BCUT2D eigenvalue weighted by molar-refractivity contribution is 9.20. The van der Waals surface area contributed by atoms with Crippen molar-refractivity contribution in [3.05, 3.63) is 56.3 Å². The highest BCUT2D eigenvalue weighted by Gasteiger charge is 2.55. The molecule has 0 radical (unpaired) electrons. The van der Waals surface area contributed by atoms with Crippen LogP contribution in [0, 0.1) is 0 Å². The summed E-state index contributed by atoms with van der Waals surface area (Å²) in [6, 6.07) is 3.64. The molecule has 0 unspecified atom stereocenters. The molecule has 2 aliphatic heterocycles. The molecule has 0 aliphatic carbocycles. The Bertz CT molecular complexity index is 1050. The molecule has 2 aromatic heterocycles. The highest BCUT2D eigenvalue weighted by Crippen LogP contribution is 2.48. The molecule has 0 fully saturated rings. The van der Waals surface area contributed by atoms with Crippen LogP contribution in [0.25, 0.3) is 5.57 Å². The van der Waals surface area contributed by atoms with Gasteiger partial charge in [-0.05, 0) is 91.8 Å². The molecule has 4 heterocycles. The second kappa shape index (κ2) is 6.48. The minimum absolute atomic E-state index is 0.304. The fourth-order valence-corrected chi connectivity index (χ4v) is 7.71. The van der Waals surface area contributed by atoms with Gasteiger partial charge in [-0.3, -0.25) is 0 Å². The Hall–Kier alpha value is 0.935. The Morgan fingerprint density at radius 2 is 1.72 bits per heavy atom. The number of hydrogen-bond donors (Lipinski definition) is 0. The molecular weight excluding hydrogens is 744 g/mol. The summed E-state index contributed by atoms with van der Waals surface area (Å²) in [5.74, 6) is 0. The molecule has 0 atom stereocenters. The van der Waals surface area contributed by atoms with Crippen molar-refractivity contribution in [2.24, 2.45) is 0 Å². The monoisotopic (exact) mass is 742 g/mol. The maximum absolute atomic E-state index is 15.4. The molecule has 130 valence electrons. The second-order valence-electron chi connectivity index (χ2n) is 5.28. The maximum atomic E-state index is 15.4. The summed E-state index contributed by atoms with van der Waals surface area (Å²) in [6.07, 6.45) is 1.71. The molecule has 0 saturated heterocycles. The average molecular weight is 747 g/mol. The second-order valence-corrected chi connectivity index (χ2v) is 12.2. The Morgan fingerprint density at radius 1 is 1.04 bits per heavy atom. The number of aromatic nitrogens is 1. The van der Waals surface area contributed by atoms with E-state index < -0.39 is 6.97 Å². The third-order valence-corrected chi connectivity index (χ3v) is 10.2. The number of rotatable bonds is 1. The number of allylic oxidation sites excluding steroid dienone is 2. The first-order chi connectivity index (χ1) is 11.6. The van der Waals surface area contributed by atoms with Crippen LogP contribution in [0.2, 0.25) is 0 Å². The van der Waals surface area contributed by atoms with Gasteiger partial charge in [0.25, 0.3) is 0 Å². The Balaban J connectivity index is 2.18. The molecule has 2 nitrogen and oxygen atoms in total. The van der Waals surface area contributed by atoms with Crippen LogP contribution in [0.1, 0.15) is 11.3 Å². The lowest BCUT2D eigenvalue weighted by atomic mass is 9.87. The first kappa shape index (κ1) is 19.3. The third kappa shape index (κ3) is 2.76. The summed E-state index contributed by atoms with van der Waals surface area (Å²) in [4.78, 5) is 0. The van der Waals surface area contributed by atoms with E-state index in [0.717, 1.165) is 27.7 Å². The van der Waals surface area contributed by atoms with Gasteiger partial charge in [0.05, 0.1) is 22.2 Å². The van der Waals surface area contributed by atoms with Crippen molar-refractivity contribution in [3.63, 3.8) is 0 Å². The van der Waals surface area contributed by atoms with Gasteiger partial charge in [-0.15, -0.1) is 11.3 Å². The van der Waals surface area contributed by atoms with Crippen LogP contribution in [-0.4, -0.2) is 20.6 Å². The lowest BCUT2D eigenvalue weighted by Crippen LogP contribution is -2.50. The molecule has 2 aliphatic rings. The number of hydrogen-bond acceptors (Lipinski definition) is 1. The summed E-state index contributed by atoms with van der Waals surface area (Å²) in [7, 11) is 0. The van der Waals surface area contributed by atoms with Crippen LogP contribution in [0.15, 0.2) is 45.0 Å². The van der Waals surface area contributed by atoms with Gasteiger partial charge in [0, 0.05) is 37.7 Å². The van der Waals surface area contributed by atoms with Crippen molar-refractivity contribution in [2.45, 2.75) is 0 Å². The van der Waals surface area contributed by atoms with Crippen molar-refractivity contribution < 1.29 is 13.1 Å². The van der Waals surface area contributed by atoms with Crippen molar-refractivity contribution in [1.29, 1.82) is 0 Å². The number of fused-ring (bicyclic) bond motifs is 2. The van der Waals surface area contributed by atoms with Gasteiger partial charge in [0.15, 0.2) is 5.70 Å². The largest absolute Gasteiger partial charge is 0.738 e. The summed E-state index contributed by atoms with van der Waals surface area (Å²) >= 11 is 21.9. The van der Waals surface area contributed by atoms with Crippen LogP contribution < -0.4 is 0 Å². The summed E-state index contributed by atoms with van der Waals surface area (Å²) in [6.45, 7) is -4.07. The van der Waals surface area contributed by atoms with Gasteiger partial charge in [-0.1, -0.05) is 0 Å². The molecule has 0 N–H and O–H groups in total.